The molecule has 0 amide bonds. The van der Waals surface area contributed by atoms with Crippen molar-refractivity contribution in [1.29, 1.82) is 0 Å². The fourth-order valence-corrected chi connectivity index (χ4v) is 3.25. The zero-order chi connectivity index (χ0) is 19.5. The molecule has 1 atom stereocenters. The third-order valence-electron chi connectivity index (χ3n) is 3.79. The third-order valence-corrected chi connectivity index (χ3v) is 5.47. The number of alkyl halides is 3. The number of hydrogen-bond donors (Lipinski definition) is 1. The lowest BCUT2D eigenvalue weighted by molar-refractivity contribution is -0.137. The number of nitrogens with one attached hydrogen (secondary N) is 1. The molecule has 0 saturated heterocycles. The van der Waals surface area contributed by atoms with E-state index in [9.17, 15) is 21.6 Å². The Morgan fingerprint density at radius 2 is 1.77 bits per heavy atom. The molecule has 1 unspecified atom stereocenters. The quantitative estimate of drug-likeness (QED) is 0.626. The summed E-state index contributed by atoms with van der Waals surface area (Å²) in [6.45, 7) is 1.77. The molecule has 2 aromatic carbocycles. The van der Waals surface area contributed by atoms with Gasteiger partial charge in [-0.25, -0.2) is 12.7 Å². The van der Waals surface area contributed by atoms with Crippen LogP contribution < -0.4 is 5.32 Å². The predicted molar refractivity (Wildman–Crippen MR) is 93.7 cm³/mol. The average Bonchev–Trinajstić information content (AvgIpc) is 2.60. The molecular formula is C18H17F3N2O2S. The smallest absolute Gasteiger partial charge is 0.379 e. The molecule has 0 fully saturated rings. The molecule has 0 radical (unpaired) electrons. The van der Waals surface area contributed by atoms with Gasteiger partial charge in [0, 0.05) is 24.8 Å². The highest BCUT2D eigenvalue weighted by Gasteiger charge is 2.30. The van der Waals surface area contributed by atoms with Crippen LogP contribution in [0.2, 0.25) is 0 Å². The number of halogens is 3. The summed E-state index contributed by atoms with van der Waals surface area (Å²) in [5.74, 6) is 0. The van der Waals surface area contributed by atoms with Crippen molar-refractivity contribution >= 4 is 15.7 Å². The van der Waals surface area contributed by atoms with E-state index in [1.807, 2.05) is 6.04 Å². The Hall–Kier alpha value is -2.66. The standard InChI is InChI=1S/C18H17F3N2O2S/c1-4-23(3)26(24,25)17-7-5-6-14(12-17)13(2)22-16-10-8-15(9-11-16)18(19,20)21/h1,5-13,22H,2-3H3. The number of terminal acetylenes is 1. The maximum Gasteiger partial charge on any atom is 0.416 e. The first-order chi connectivity index (χ1) is 12.1. The molecule has 0 heterocycles. The van der Waals surface area contributed by atoms with Crippen molar-refractivity contribution in [3.63, 3.8) is 0 Å². The van der Waals surface area contributed by atoms with Crippen molar-refractivity contribution in [2.75, 3.05) is 12.4 Å². The van der Waals surface area contributed by atoms with E-state index in [0.29, 0.717) is 11.3 Å². The van der Waals surface area contributed by atoms with Crippen LogP contribution in [0, 0.1) is 12.5 Å². The highest BCUT2D eigenvalue weighted by Crippen LogP contribution is 2.30. The van der Waals surface area contributed by atoms with Gasteiger partial charge in [-0.3, -0.25) is 0 Å². The SMILES string of the molecule is C#CN(C)S(=O)(=O)c1cccc(C(C)Nc2ccc(C(F)(F)F)cc2)c1. The van der Waals surface area contributed by atoms with Crippen molar-refractivity contribution in [1.82, 2.24) is 4.31 Å². The minimum Gasteiger partial charge on any atom is -0.379 e. The second kappa shape index (κ2) is 7.30. The van der Waals surface area contributed by atoms with E-state index in [0.717, 1.165) is 16.4 Å². The molecule has 26 heavy (non-hydrogen) atoms. The maximum atomic E-state index is 12.6. The van der Waals surface area contributed by atoms with Gasteiger partial charge in [0.05, 0.1) is 10.5 Å². The summed E-state index contributed by atoms with van der Waals surface area (Å²) in [6.07, 6.45) is 0.750. The first-order valence-corrected chi connectivity index (χ1v) is 8.98. The van der Waals surface area contributed by atoms with Gasteiger partial charge in [-0.1, -0.05) is 18.6 Å². The first-order valence-electron chi connectivity index (χ1n) is 7.54. The predicted octanol–water partition coefficient (Wildman–Crippen LogP) is 4.09. The maximum absolute atomic E-state index is 12.6. The minimum atomic E-state index is -4.39. The summed E-state index contributed by atoms with van der Waals surface area (Å²) in [4.78, 5) is 0.0384. The highest BCUT2D eigenvalue weighted by molar-refractivity contribution is 7.89. The molecular weight excluding hydrogens is 365 g/mol. The molecule has 8 heteroatoms. The molecule has 0 aromatic heterocycles. The second-order valence-corrected chi connectivity index (χ2v) is 7.58. The zero-order valence-electron chi connectivity index (χ0n) is 14.1. The van der Waals surface area contributed by atoms with Crippen LogP contribution in [-0.2, 0) is 16.2 Å². The van der Waals surface area contributed by atoms with Crippen molar-refractivity contribution in [3.05, 3.63) is 59.7 Å². The van der Waals surface area contributed by atoms with Crippen LogP contribution in [0.5, 0.6) is 0 Å². The lowest BCUT2D eigenvalue weighted by atomic mass is 10.1. The third kappa shape index (κ3) is 4.29. The van der Waals surface area contributed by atoms with Gasteiger partial charge in [0.25, 0.3) is 10.0 Å². The van der Waals surface area contributed by atoms with Gasteiger partial charge in [-0.15, -0.1) is 0 Å². The molecule has 0 bridgehead atoms. The Morgan fingerprint density at radius 1 is 1.15 bits per heavy atom. The Balaban J connectivity index is 2.22. The molecule has 138 valence electrons. The fraction of sp³-hybridized carbons (Fsp3) is 0.222. The summed E-state index contributed by atoms with van der Waals surface area (Å²) in [5.41, 5.74) is 0.400. The van der Waals surface area contributed by atoms with Crippen LogP contribution in [0.15, 0.2) is 53.4 Å². The summed E-state index contributed by atoms with van der Waals surface area (Å²) >= 11 is 0. The van der Waals surface area contributed by atoms with Gasteiger partial charge in [-0.05, 0) is 48.9 Å². The molecule has 0 aliphatic rings. The summed E-state index contributed by atoms with van der Waals surface area (Å²) in [7, 11) is -2.53. The molecule has 0 spiro atoms. The summed E-state index contributed by atoms with van der Waals surface area (Å²) in [5, 5.41) is 3.04. The first kappa shape index (κ1) is 19.7. The van der Waals surface area contributed by atoms with Gasteiger partial charge < -0.3 is 5.32 Å². The van der Waals surface area contributed by atoms with Crippen molar-refractivity contribution < 1.29 is 21.6 Å². The second-order valence-electron chi connectivity index (χ2n) is 5.62. The van der Waals surface area contributed by atoms with E-state index in [1.165, 1.54) is 31.3 Å². The Bertz CT molecular complexity index is 917. The van der Waals surface area contributed by atoms with Gasteiger partial charge in [0.15, 0.2) is 0 Å². The zero-order valence-corrected chi connectivity index (χ0v) is 14.9. The van der Waals surface area contributed by atoms with Gasteiger partial charge >= 0.3 is 6.18 Å². The van der Waals surface area contributed by atoms with E-state index in [2.05, 4.69) is 5.32 Å². The normalized spacial score (nSPS) is 12.9. The van der Waals surface area contributed by atoms with Crippen LogP contribution in [0.3, 0.4) is 0 Å². The molecule has 4 nitrogen and oxygen atoms in total. The van der Waals surface area contributed by atoms with Crippen LogP contribution in [0.1, 0.15) is 24.1 Å². The lowest BCUT2D eigenvalue weighted by Crippen LogP contribution is -2.22. The van der Waals surface area contributed by atoms with E-state index in [4.69, 9.17) is 6.42 Å². The monoisotopic (exact) mass is 382 g/mol. The van der Waals surface area contributed by atoms with E-state index in [-0.39, 0.29) is 10.9 Å². The number of rotatable bonds is 5. The Labute approximate surface area is 150 Å². The minimum absolute atomic E-state index is 0.0384. The Kier molecular flexibility index (Phi) is 5.52. The van der Waals surface area contributed by atoms with E-state index < -0.39 is 21.8 Å². The number of hydrogen-bond acceptors (Lipinski definition) is 3. The number of nitrogens with zero attached hydrogens (tertiary/aromatic N) is 1. The van der Waals surface area contributed by atoms with Gasteiger partial charge in [-0.2, -0.15) is 13.2 Å². The van der Waals surface area contributed by atoms with Crippen LogP contribution in [0.25, 0.3) is 0 Å². The number of anilines is 1. The van der Waals surface area contributed by atoms with Crippen LogP contribution in [-0.4, -0.2) is 19.8 Å². The summed E-state index contributed by atoms with van der Waals surface area (Å²) < 4.78 is 63.2. The largest absolute Gasteiger partial charge is 0.416 e. The molecule has 0 aliphatic carbocycles. The fourth-order valence-electron chi connectivity index (χ4n) is 2.26. The molecule has 1 N–H and O–H groups in total. The molecule has 0 saturated carbocycles. The van der Waals surface area contributed by atoms with Gasteiger partial charge in [0.1, 0.15) is 0 Å². The van der Waals surface area contributed by atoms with Crippen molar-refractivity contribution in [3.8, 4) is 12.5 Å². The van der Waals surface area contributed by atoms with Gasteiger partial charge in [0.2, 0.25) is 0 Å². The number of sulfonamides is 1. The van der Waals surface area contributed by atoms with E-state index in [1.54, 1.807) is 19.1 Å². The molecule has 0 aliphatic heterocycles. The van der Waals surface area contributed by atoms with E-state index >= 15 is 0 Å². The average molecular weight is 382 g/mol. The Morgan fingerprint density at radius 3 is 2.31 bits per heavy atom. The molecule has 2 rings (SSSR count). The van der Waals surface area contributed by atoms with Crippen LogP contribution in [0.4, 0.5) is 18.9 Å². The number of benzene rings is 2. The van der Waals surface area contributed by atoms with Crippen LogP contribution >= 0.6 is 0 Å². The lowest BCUT2D eigenvalue weighted by Gasteiger charge is -2.18. The topological polar surface area (TPSA) is 49.4 Å². The molecule has 2 aromatic rings. The summed E-state index contributed by atoms with van der Waals surface area (Å²) in [6, 6.07) is 12.5. The van der Waals surface area contributed by atoms with Crippen molar-refractivity contribution in [2.24, 2.45) is 0 Å². The van der Waals surface area contributed by atoms with Crippen molar-refractivity contribution in [2.45, 2.75) is 24.0 Å². The highest BCUT2D eigenvalue weighted by atomic mass is 32.2.